The lowest BCUT2D eigenvalue weighted by Gasteiger charge is -2.15. The number of ether oxygens (including phenoxy) is 1. The van der Waals surface area contributed by atoms with Crippen LogP contribution in [0.15, 0.2) is 48.8 Å². The van der Waals surface area contributed by atoms with Crippen LogP contribution < -0.4 is 15.8 Å². The van der Waals surface area contributed by atoms with Crippen molar-refractivity contribution in [3.8, 4) is 11.4 Å². The summed E-state index contributed by atoms with van der Waals surface area (Å²) in [6, 6.07) is 9.54. The van der Waals surface area contributed by atoms with Crippen molar-refractivity contribution in [2.45, 2.75) is 26.3 Å². The number of rotatable bonds is 5. The van der Waals surface area contributed by atoms with Crippen LogP contribution in [0, 0.1) is 13.8 Å². The second-order valence-corrected chi connectivity index (χ2v) is 7.47. The molecule has 4 N–H and O–H groups in total. The lowest BCUT2D eigenvalue weighted by Crippen LogP contribution is -2.21. The minimum Gasteiger partial charge on any atom is -0.406 e. The molecule has 0 saturated carbocycles. The van der Waals surface area contributed by atoms with Gasteiger partial charge in [0.2, 0.25) is 0 Å². The van der Waals surface area contributed by atoms with Crippen molar-refractivity contribution < 1.29 is 27.8 Å². The van der Waals surface area contributed by atoms with Gasteiger partial charge in [-0.05, 0) is 55.3 Å². The van der Waals surface area contributed by atoms with E-state index in [-0.39, 0.29) is 11.4 Å². The van der Waals surface area contributed by atoms with Crippen LogP contribution in [-0.2, 0) is 4.79 Å². The number of hydrogen-bond donors (Lipinski definition) is 3. The molecule has 1 atom stereocenters. The number of aliphatic hydroxyl groups excluding tert-OH is 1. The summed E-state index contributed by atoms with van der Waals surface area (Å²) in [7, 11) is 0. The third-order valence-corrected chi connectivity index (χ3v) is 5.00. The molecule has 0 aliphatic heterocycles. The fourth-order valence-electron chi connectivity index (χ4n) is 3.50. The number of carbonyl (C=O) groups excluding carboxylic acids is 1. The number of benzene rings is 2. The van der Waals surface area contributed by atoms with E-state index in [1.165, 1.54) is 18.5 Å². The Bertz CT molecular complexity index is 1390. The van der Waals surface area contributed by atoms with Crippen LogP contribution >= 0.6 is 0 Å². The summed E-state index contributed by atoms with van der Waals surface area (Å²) in [6.45, 7) is 3.59. The van der Waals surface area contributed by atoms with Crippen molar-refractivity contribution in [3.05, 3.63) is 65.6 Å². The van der Waals surface area contributed by atoms with Gasteiger partial charge >= 0.3 is 6.36 Å². The summed E-state index contributed by atoms with van der Waals surface area (Å²) in [5.74, 6) is -1.10. The average Bonchev–Trinajstić information content (AvgIpc) is 3.10. The highest BCUT2D eigenvalue weighted by Gasteiger charge is 2.31. The Morgan fingerprint density at radius 1 is 1.18 bits per heavy atom. The van der Waals surface area contributed by atoms with E-state index in [1.807, 2.05) is 0 Å². The normalized spacial score (nSPS) is 12.5. The van der Waals surface area contributed by atoms with E-state index in [0.29, 0.717) is 28.1 Å². The summed E-state index contributed by atoms with van der Waals surface area (Å²) >= 11 is 0. The number of fused-ring (bicyclic) bond motifs is 1. The standard InChI is InChI=1S/C22H19F3N6O3/c1-11-8-14(6-7-16(11)31-18-17(12(2)30-31)27-10-28-20(18)26)29-21(33)19(32)13-4-3-5-15(9-13)34-22(23,24)25/h3-10,19,32H,1-2H3,(H,29,33)(H2,26,27,28). The van der Waals surface area contributed by atoms with Gasteiger partial charge in [-0.1, -0.05) is 12.1 Å². The molecule has 0 fully saturated rings. The first-order valence-corrected chi connectivity index (χ1v) is 9.95. The Labute approximate surface area is 191 Å². The molecule has 4 rings (SSSR count). The Morgan fingerprint density at radius 3 is 2.65 bits per heavy atom. The van der Waals surface area contributed by atoms with Crippen LogP contribution in [0.25, 0.3) is 16.7 Å². The zero-order valence-corrected chi connectivity index (χ0v) is 18.0. The molecule has 0 radical (unpaired) electrons. The van der Waals surface area contributed by atoms with Crippen molar-refractivity contribution in [1.29, 1.82) is 0 Å². The number of nitrogen functional groups attached to an aromatic ring is 1. The van der Waals surface area contributed by atoms with E-state index >= 15 is 0 Å². The summed E-state index contributed by atoms with van der Waals surface area (Å²) in [5, 5.41) is 17.4. The summed E-state index contributed by atoms with van der Waals surface area (Å²) < 4.78 is 42.8. The van der Waals surface area contributed by atoms with Crippen LogP contribution in [0.2, 0.25) is 0 Å². The lowest BCUT2D eigenvalue weighted by atomic mass is 10.1. The van der Waals surface area contributed by atoms with Gasteiger partial charge < -0.3 is 20.9 Å². The topological polar surface area (TPSA) is 128 Å². The van der Waals surface area contributed by atoms with E-state index in [1.54, 1.807) is 36.7 Å². The van der Waals surface area contributed by atoms with Gasteiger partial charge in [0.25, 0.3) is 5.91 Å². The Hall–Kier alpha value is -4.19. The van der Waals surface area contributed by atoms with Gasteiger partial charge in [-0.15, -0.1) is 13.2 Å². The van der Waals surface area contributed by atoms with Gasteiger partial charge in [0.1, 0.15) is 23.1 Å². The second kappa shape index (κ2) is 8.63. The highest BCUT2D eigenvalue weighted by atomic mass is 19.4. The smallest absolute Gasteiger partial charge is 0.406 e. The number of halogens is 3. The van der Waals surface area contributed by atoms with E-state index in [0.717, 1.165) is 17.7 Å². The minimum absolute atomic E-state index is 0.0541. The highest BCUT2D eigenvalue weighted by molar-refractivity contribution is 5.95. The molecule has 12 heteroatoms. The zero-order chi connectivity index (χ0) is 24.6. The van der Waals surface area contributed by atoms with Crippen molar-refractivity contribution in [2.24, 2.45) is 0 Å². The Balaban J connectivity index is 1.56. The molecule has 176 valence electrons. The number of nitrogens with one attached hydrogen (secondary N) is 1. The molecule has 0 bridgehead atoms. The molecular formula is C22H19F3N6O3. The van der Waals surface area contributed by atoms with Crippen LogP contribution in [0.1, 0.15) is 22.9 Å². The number of hydrogen-bond acceptors (Lipinski definition) is 7. The predicted molar refractivity (Wildman–Crippen MR) is 117 cm³/mol. The summed E-state index contributed by atoms with van der Waals surface area (Å²) in [6.07, 6.45) is -5.25. The molecule has 0 saturated heterocycles. The van der Waals surface area contributed by atoms with E-state index in [4.69, 9.17) is 5.73 Å². The Kier molecular flexibility index (Phi) is 5.83. The summed E-state index contributed by atoms with van der Waals surface area (Å²) in [4.78, 5) is 20.8. The Morgan fingerprint density at radius 2 is 1.94 bits per heavy atom. The van der Waals surface area contributed by atoms with Gasteiger partial charge in [0, 0.05) is 5.69 Å². The molecule has 2 heterocycles. The number of aryl methyl sites for hydroxylation is 2. The van der Waals surface area contributed by atoms with Gasteiger partial charge in [-0.3, -0.25) is 4.79 Å². The summed E-state index contributed by atoms with van der Waals surface area (Å²) in [5.41, 5.74) is 9.56. The molecule has 9 nitrogen and oxygen atoms in total. The van der Waals surface area contributed by atoms with E-state index in [2.05, 4.69) is 25.1 Å². The minimum atomic E-state index is -4.89. The van der Waals surface area contributed by atoms with Gasteiger partial charge in [0.15, 0.2) is 11.9 Å². The third kappa shape index (κ3) is 4.62. The van der Waals surface area contributed by atoms with Gasteiger partial charge in [-0.25, -0.2) is 14.6 Å². The number of alkyl halides is 3. The number of anilines is 2. The van der Waals surface area contributed by atoms with Gasteiger partial charge in [0.05, 0.1) is 11.4 Å². The largest absolute Gasteiger partial charge is 0.573 e. The monoisotopic (exact) mass is 472 g/mol. The molecular weight excluding hydrogens is 453 g/mol. The molecule has 0 aliphatic rings. The van der Waals surface area contributed by atoms with Gasteiger partial charge in [-0.2, -0.15) is 5.10 Å². The van der Waals surface area contributed by atoms with Crippen molar-refractivity contribution >= 4 is 28.4 Å². The maximum atomic E-state index is 12.5. The third-order valence-electron chi connectivity index (χ3n) is 5.00. The second-order valence-electron chi connectivity index (χ2n) is 7.47. The zero-order valence-electron chi connectivity index (χ0n) is 18.0. The number of nitrogens with two attached hydrogens (primary N) is 1. The predicted octanol–water partition coefficient (Wildman–Crippen LogP) is 3.59. The number of carbonyl (C=O) groups is 1. The number of nitrogens with zero attached hydrogens (tertiary/aromatic N) is 4. The number of aromatic nitrogens is 4. The maximum absolute atomic E-state index is 12.5. The van der Waals surface area contributed by atoms with Crippen molar-refractivity contribution in [2.75, 3.05) is 11.1 Å². The first-order chi connectivity index (χ1) is 16.0. The SMILES string of the molecule is Cc1cc(NC(=O)C(O)c2cccc(OC(F)(F)F)c2)ccc1-n1nc(C)c2ncnc(N)c21. The van der Waals surface area contributed by atoms with E-state index < -0.39 is 24.1 Å². The molecule has 0 spiro atoms. The van der Waals surface area contributed by atoms with Crippen molar-refractivity contribution in [1.82, 2.24) is 19.7 Å². The number of aliphatic hydroxyl groups is 1. The molecule has 34 heavy (non-hydrogen) atoms. The molecule has 1 unspecified atom stereocenters. The van der Waals surface area contributed by atoms with Crippen LogP contribution in [-0.4, -0.2) is 37.1 Å². The first kappa shape index (κ1) is 23.0. The fourth-order valence-corrected chi connectivity index (χ4v) is 3.50. The number of amides is 1. The van der Waals surface area contributed by atoms with Crippen LogP contribution in [0.5, 0.6) is 5.75 Å². The fraction of sp³-hybridized carbons (Fsp3) is 0.182. The first-order valence-electron chi connectivity index (χ1n) is 9.95. The average molecular weight is 472 g/mol. The molecule has 0 aliphatic carbocycles. The van der Waals surface area contributed by atoms with E-state index in [9.17, 15) is 23.1 Å². The molecule has 2 aromatic carbocycles. The lowest BCUT2D eigenvalue weighted by molar-refractivity contribution is -0.274. The van der Waals surface area contributed by atoms with Crippen molar-refractivity contribution in [3.63, 3.8) is 0 Å². The van der Waals surface area contributed by atoms with Crippen LogP contribution in [0.4, 0.5) is 24.7 Å². The molecule has 2 aromatic heterocycles. The molecule has 1 amide bonds. The highest BCUT2D eigenvalue weighted by Crippen LogP contribution is 2.28. The van der Waals surface area contributed by atoms with Crippen LogP contribution in [0.3, 0.4) is 0 Å². The quantitative estimate of drug-likeness (QED) is 0.405. The maximum Gasteiger partial charge on any atom is 0.573 e. The molecule has 4 aromatic rings.